The molecule has 1 aromatic heterocycles. The minimum Gasteiger partial charge on any atom is -0.308 e. The summed E-state index contributed by atoms with van der Waals surface area (Å²) in [6, 6.07) is 77.8. The summed E-state index contributed by atoms with van der Waals surface area (Å²) < 4.78 is 2.58. The lowest BCUT2D eigenvalue weighted by Gasteiger charge is -2.29. The third-order valence-electron chi connectivity index (χ3n) is 11.2. The third kappa shape index (κ3) is 5.30. The number of para-hydroxylation sites is 1. The maximum atomic E-state index is 2.48. The lowest BCUT2D eigenvalue weighted by Crippen LogP contribution is -2.11. The predicted molar refractivity (Wildman–Crippen MR) is 243 cm³/mol. The van der Waals surface area contributed by atoms with E-state index in [1.54, 1.807) is 0 Å². The zero-order chi connectivity index (χ0) is 37.0. The van der Waals surface area contributed by atoms with Crippen molar-refractivity contribution in [3.63, 3.8) is 0 Å². The average Bonchev–Trinajstić information content (AvgIpc) is 3.66. The van der Waals surface area contributed by atoms with E-state index in [0.717, 1.165) is 11.4 Å². The van der Waals surface area contributed by atoms with Crippen LogP contribution in [0, 0.1) is 0 Å². The number of thiophene rings is 1. The molecule has 0 saturated heterocycles. The number of benzene rings is 10. The molecule has 0 atom stereocenters. The Morgan fingerprint density at radius 2 is 0.911 bits per heavy atom. The molecule has 0 N–H and O–H groups in total. The SMILES string of the molecule is c1ccc(-c2c(-c3ccccc3)c3cc(-c4ccccc4N(c4ccc5ccccc5c4)c4cccc5c4sc4ccccc45)ccc3c3ccccc23)cc1. The van der Waals surface area contributed by atoms with Crippen LogP contribution in [-0.4, -0.2) is 0 Å². The molecule has 262 valence electrons. The molecule has 0 spiro atoms. The summed E-state index contributed by atoms with van der Waals surface area (Å²) in [5.41, 5.74) is 10.7. The number of anilines is 3. The first-order chi connectivity index (χ1) is 27.8. The van der Waals surface area contributed by atoms with E-state index >= 15 is 0 Å². The first-order valence-electron chi connectivity index (χ1n) is 19.2. The van der Waals surface area contributed by atoms with E-state index in [4.69, 9.17) is 0 Å². The predicted octanol–water partition coefficient (Wildman–Crippen LogP) is 16.0. The van der Waals surface area contributed by atoms with E-state index in [1.807, 2.05) is 11.3 Å². The minimum atomic E-state index is 1.13. The zero-order valence-corrected chi connectivity index (χ0v) is 31.4. The Kier molecular flexibility index (Phi) is 7.75. The molecular formula is C54H35NS. The Labute approximate surface area is 330 Å². The van der Waals surface area contributed by atoms with E-state index in [1.165, 1.54) is 91.6 Å². The van der Waals surface area contributed by atoms with Crippen LogP contribution in [0.2, 0.25) is 0 Å². The van der Waals surface area contributed by atoms with Crippen LogP contribution in [0.25, 0.3) is 85.9 Å². The highest BCUT2D eigenvalue weighted by Gasteiger charge is 2.23. The second kappa shape index (κ2) is 13.4. The monoisotopic (exact) mass is 729 g/mol. The van der Waals surface area contributed by atoms with Crippen molar-refractivity contribution in [3.05, 3.63) is 212 Å². The molecule has 1 heterocycles. The lowest BCUT2D eigenvalue weighted by molar-refractivity contribution is 1.31. The molecule has 0 aliphatic heterocycles. The molecule has 0 aliphatic rings. The molecule has 1 nitrogen and oxygen atoms in total. The fourth-order valence-electron chi connectivity index (χ4n) is 8.71. The number of rotatable bonds is 6. The fourth-order valence-corrected chi connectivity index (χ4v) is 9.92. The quantitative estimate of drug-likeness (QED) is 0.154. The van der Waals surface area contributed by atoms with Gasteiger partial charge in [-0.15, -0.1) is 11.3 Å². The second-order valence-corrected chi connectivity index (χ2v) is 15.5. The van der Waals surface area contributed by atoms with Gasteiger partial charge in [0.2, 0.25) is 0 Å². The molecule has 0 saturated carbocycles. The molecule has 11 aromatic rings. The molecule has 0 radical (unpaired) electrons. The maximum absolute atomic E-state index is 2.48. The molecule has 56 heavy (non-hydrogen) atoms. The Morgan fingerprint density at radius 3 is 1.71 bits per heavy atom. The van der Waals surface area contributed by atoms with Crippen molar-refractivity contribution in [2.24, 2.45) is 0 Å². The highest BCUT2D eigenvalue weighted by molar-refractivity contribution is 7.26. The van der Waals surface area contributed by atoms with Crippen molar-refractivity contribution in [1.29, 1.82) is 0 Å². The van der Waals surface area contributed by atoms with E-state index < -0.39 is 0 Å². The van der Waals surface area contributed by atoms with E-state index in [-0.39, 0.29) is 0 Å². The zero-order valence-electron chi connectivity index (χ0n) is 30.6. The van der Waals surface area contributed by atoms with E-state index in [9.17, 15) is 0 Å². The highest BCUT2D eigenvalue weighted by atomic mass is 32.1. The van der Waals surface area contributed by atoms with Crippen LogP contribution in [0.3, 0.4) is 0 Å². The molecule has 0 aliphatic carbocycles. The summed E-state index contributed by atoms with van der Waals surface area (Å²) in [7, 11) is 0. The lowest BCUT2D eigenvalue weighted by atomic mass is 9.84. The van der Waals surface area contributed by atoms with E-state index in [0.29, 0.717) is 0 Å². The third-order valence-corrected chi connectivity index (χ3v) is 12.4. The highest BCUT2D eigenvalue weighted by Crippen LogP contribution is 2.49. The van der Waals surface area contributed by atoms with Crippen LogP contribution >= 0.6 is 11.3 Å². The van der Waals surface area contributed by atoms with Crippen molar-refractivity contribution in [3.8, 4) is 33.4 Å². The van der Waals surface area contributed by atoms with Crippen molar-refractivity contribution in [1.82, 2.24) is 0 Å². The molecular weight excluding hydrogens is 695 g/mol. The van der Waals surface area contributed by atoms with Gasteiger partial charge in [-0.2, -0.15) is 0 Å². The molecule has 2 heteroatoms. The van der Waals surface area contributed by atoms with Crippen molar-refractivity contribution in [2.45, 2.75) is 0 Å². The largest absolute Gasteiger partial charge is 0.308 e. The number of fused-ring (bicyclic) bond motifs is 7. The van der Waals surface area contributed by atoms with Gasteiger partial charge in [-0.1, -0.05) is 176 Å². The van der Waals surface area contributed by atoms with Crippen molar-refractivity contribution in [2.75, 3.05) is 4.90 Å². The summed E-state index contributed by atoms with van der Waals surface area (Å²) in [6.45, 7) is 0. The number of hydrogen-bond acceptors (Lipinski definition) is 2. The first kappa shape index (κ1) is 32.4. The topological polar surface area (TPSA) is 3.24 Å². The van der Waals surface area contributed by atoms with Gasteiger partial charge in [-0.25, -0.2) is 0 Å². The van der Waals surface area contributed by atoms with Crippen molar-refractivity contribution < 1.29 is 0 Å². The van der Waals surface area contributed by atoms with Gasteiger partial charge in [-0.05, 0) is 96.5 Å². The summed E-state index contributed by atoms with van der Waals surface area (Å²) in [5.74, 6) is 0. The smallest absolute Gasteiger partial charge is 0.0640 e. The summed E-state index contributed by atoms with van der Waals surface area (Å²) >= 11 is 1.87. The standard InChI is InChI=1S/C54H35NS/c1-3-17-37(18-4-1)52-46-25-10-9-23-43(46)44-33-31-40(35-48(44)53(52)38-19-5-2-6-20-38)42-22-11-13-27-49(42)55(41-32-30-36-16-7-8-21-39(36)34-41)50-28-15-26-47-45-24-12-14-29-51(45)56-54(47)50/h1-35H. The summed E-state index contributed by atoms with van der Waals surface area (Å²) in [6.07, 6.45) is 0. The average molecular weight is 730 g/mol. The summed E-state index contributed by atoms with van der Waals surface area (Å²) in [5, 5.41) is 10.0. The van der Waals surface area contributed by atoms with Crippen LogP contribution in [0.15, 0.2) is 212 Å². The Hall–Kier alpha value is -7.00. The molecule has 0 unspecified atom stereocenters. The van der Waals surface area contributed by atoms with E-state index in [2.05, 4.69) is 217 Å². The fraction of sp³-hybridized carbons (Fsp3) is 0. The van der Waals surface area contributed by atoms with Gasteiger partial charge in [-0.3, -0.25) is 0 Å². The second-order valence-electron chi connectivity index (χ2n) is 14.4. The Bertz CT molecular complexity index is 3250. The van der Waals surface area contributed by atoms with Gasteiger partial charge in [0.1, 0.15) is 0 Å². The molecule has 0 bridgehead atoms. The van der Waals surface area contributed by atoms with Crippen LogP contribution < -0.4 is 4.90 Å². The van der Waals surface area contributed by atoms with Crippen molar-refractivity contribution >= 4 is 80.9 Å². The molecule has 10 aromatic carbocycles. The van der Waals surface area contributed by atoms with Crippen LogP contribution in [0.5, 0.6) is 0 Å². The van der Waals surface area contributed by atoms with Gasteiger partial charge in [0.25, 0.3) is 0 Å². The summed E-state index contributed by atoms with van der Waals surface area (Å²) in [4.78, 5) is 2.48. The Balaban J connectivity index is 1.21. The first-order valence-corrected chi connectivity index (χ1v) is 20.0. The minimum absolute atomic E-state index is 1.13. The number of hydrogen-bond donors (Lipinski definition) is 0. The van der Waals surface area contributed by atoms with Crippen LogP contribution in [-0.2, 0) is 0 Å². The van der Waals surface area contributed by atoms with Gasteiger partial charge in [0, 0.05) is 26.7 Å². The molecule has 11 rings (SSSR count). The molecule has 0 fully saturated rings. The molecule has 0 amide bonds. The van der Waals surface area contributed by atoms with Crippen LogP contribution in [0.1, 0.15) is 0 Å². The Morgan fingerprint density at radius 1 is 0.321 bits per heavy atom. The van der Waals surface area contributed by atoms with Gasteiger partial charge in [0.05, 0.1) is 16.1 Å². The number of nitrogens with zero attached hydrogens (tertiary/aromatic N) is 1. The van der Waals surface area contributed by atoms with Crippen LogP contribution in [0.4, 0.5) is 17.1 Å². The van der Waals surface area contributed by atoms with Gasteiger partial charge in [0.15, 0.2) is 0 Å². The van der Waals surface area contributed by atoms with Gasteiger partial charge >= 0.3 is 0 Å². The maximum Gasteiger partial charge on any atom is 0.0640 e. The van der Waals surface area contributed by atoms with Gasteiger partial charge < -0.3 is 4.90 Å². The normalized spacial score (nSPS) is 11.6.